The summed E-state index contributed by atoms with van der Waals surface area (Å²) in [6, 6.07) is 6.03. The number of hydrogen-bond donors (Lipinski definition) is 1. The third kappa shape index (κ3) is 2.06. The number of fused-ring (bicyclic) bond motifs is 1. The van der Waals surface area contributed by atoms with Gasteiger partial charge >= 0.3 is 0 Å². The van der Waals surface area contributed by atoms with Gasteiger partial charge in [0.15, 0.2) is 5.78 Å². The molecule has 1 fully saturated rings. The van der Waals surface area contributed by atoms with Gasteiger partial charge in [0.25, 0.3) is 0 Å². The van der Waals surface area contributed by atoms with Gasteiger partial charge < -0.3 is 5.11 Å². The van der Waals surface area contributed by atoms with Gasteiger partial charge in [-0.3, -0.25) is 14.8 Å². The standard InChI is InChI=1S/C18H18N2O2/c21-14-3-5-18(6-4-14)10-13-2-1-12(9-15(13)17(18)22)16-11-19-7-8-20-16/h1-2,7-9,11,14,21H,3-6,10H2. The first kappa shape index (κ1) is 13.6. The second-order valence-corrected chi connectivity index (χ2v) is 6.48. The molecular weight excluding hydrogens is 276 g/mol. The monoisotopic (exact) mass is 294 g/mol. The lowest BCUT2D eigenvalue weighted by atomic mass is 9.70. The second-order valence-electron chi connectivity index (χ2n) is 6.48. The van der Waals surface area contributed by atoms with Gasteiger partial charge in [0.05, 0.1) is 18.0 Å². The molecule has 0 unspecified atom stereocenters. The van der Waals surface area contributed by atoms with Crippen LogP contribution >= 0.6 is 0 Å². The average molecular weight is 294 g/mol. The first-order valence-corrected chi connectivity index (χ1v) is 7.80. The fourth-order valence-corrected chi connectivity index (χ4v) is 3.84. The molecule has 0 amide bonds. The first-order chi connectivity index (χ1) is 10.7. The molecule has 4 heteroatoms. The molecule has 2 aliphatic rings. The number of benzene rings is 1. The smallest absolute Gasteiger partial charge is 0.169 e. The van der Waals surface area contributed by atoms with Crippen LogP contribution in [0.4, 0.5) is 0 Å². The van der Waals surface area contributed by atoms with E-state index in [1.54, 1.807) is 18.6 Å². The van der Waals surface area contributed by atoms with E-state index < -0.39 is 0 Å². The van der Waals surface area contributed by atoms with E-state index >= 15 is 0 Å². The van der Waals surface area contributed by atoms with Crippen LogP contribution in [-0.2, 0) is 6.42 Å². The van der Waals surface area contributed by atoms with E-state index in [-0.39, 0.29) is 17.3 Å². The number of Topliss-reactive ketones (excluding diaryl/α,β-unsaturated/α-hetero) is 1. The molecule has 4 rings (SSSR count). The molecule has 1 aromatic carbocycles. The number of carbonyl (C=O) groups excluding carboxylic acids is 1. The van der Waals surface area contributed by atoms with E-state index in [0.717, 1.165) is 54.5 Å². The van der Waals surface area contributed by atoms with Crippen LogP contribution < -0.4 is 0 Å². The van der Waals surface area contributed by atoms with Crippen LogP contribution in [0.15, 0.2) is 36.8 Å². The Morgan fingerprint density at radius 1 is 1.18 bits per heavy atom. The Bertz CT molecular complexity index is 719. The van der Waals surface area contributed by atoms with Gasteiger partial charge in [-0.2, -0.15) is 0 Å². The van der Waals surface area contributed by atoms with E-state index in [1.165, 1.54) is 0 Å². The van der Waals surface area contributed by atoms with Gasteiger partial charge in [-0.1, -0.05) is 12.1 Å². The molecular formula is C18H18N2O2. The molecule has 1 N–H and O–H groups in total. The summed E-state index contributed by atoms with van der Waals surface area (Å²) in [7, 11) is 0. The predicted molar refractivity (Wildman–Crippen MR) is 82.4 cm³/mol. The highest BCUT2D eigenvalue weighted by Crippen LogP contribution is 2.47. The Kier molecular flexibility index (Phi) is 3.08. The van der Waals surface area contributed by atoms with Crippen LogP contribution in [0.5, 0.6) is 0 Å². The van der Waals surface area contributed by atoms with Gasteiger partial charge in [-0.05, 0) is 43.7 Å². The highest BCUT2D eigenvalue weighted by atomic mass is 16.3. The number of carbonyl (C=O) groups is 1. The molecule has 2 aliphatic carbocycles. The fraction of sp³-hybridized carbons (Fsp3) is 0.389. The van der Waals surface area contributed by atoms with Crippen molar-refractivity contribution in [2.24, 2.45) is 5.41 Å². The maximum atomic E-state index is 12.9. The molecule has 1 saturated carbocycles. The third-order valence-electron chi connectivity index (χ3n) is 5.14. The highest BCUT2D eigenvalue weighted by molar-refractivity contribution is 6.05. The van der Waals surface area contributed by atoms with E-state index in [9.17, 15) is 9.90 Å². The largest absolute Gasteiger partial charge is 0.393 e. The topological polar surface area (TPSA) is 63.1 Å². The Morgan fingerprint density at radius 3 is 2.73 bits per heavy atom. The molecule has 1 spiro atoms. The van der Waals surface area contributed by atoms with Crippen molar-refractivity contribution in [3.63, 3.8) is 0 Å². The molecule has 0 radical (unpaired) electrons. The number of aromatic nitrogens is 2. The summed E-state index contributed by atoms with van der Waals surface area (Å²) in [6.45, 7) is 0. The van der Waals surface area contributed by atoms with Crippen molar-refractivity contribution in [3.8, 4) is 11.3 Å². The summed E-state index contributed by atoms with van der Waals surface area (Å²) in [6.07, 6.45) is 8.65. The minimum Gasteiger partial charge on any atom is -0.393 e. The lowest BCUT2D eigenvalue weighted by molar-refractivity contribution is 0.0513. The minimum atomic E-state index is -0.275. The fourth-order valence-electron chi connectivity index (χ4n) is 3.84. The quantitative estimate of drug-likeness (QED) is 0.878. The maximum absolute atomic E-state index is 12.9. The molecule has 0 atom stereocenters. The van der Waals surface area contributed by atoms with Gasteiger partial charge in [-0.15, -0.1) is 0 Å². The van der Waals surface area contributed by atoms with Gasteiger partial charge in [0, 0.05) is 28.9 Å². The number of aliphatic hydroxyl groups is 1. The van der Waals surface area contributed by atoms with Crippen molar-refractivity contribution >= 4 is 5.78 Å². The van der Waals surface area contributed by atoms with Crippen LogP contribution in [0.3, 0.4) is 0 Å². The minimum absolute atomic E-state index is 0.239. The van der Waals surface area contributed by atoms with Crippen molar-refractivity contribution in [2.45, 2.75) is 38.2 Å². The average Bonchev–Trinajstić information content (AvgIpc) is 2.83. The number of ketones is 1. The molecule has 4 nitrogen and oxygen atoms in total. The van der Waals surface area contributed by atoms with Crippen LogP contribution in [0.25, 0.3) is 11.3 Å². The number of rotatable bonds is 1. The summed E-state index contributed by atoms with van der Waals surface area (Å²) in [4.78, 5) is 21.3. The lowest BCUT2D eigenvalue weighted by Crippen LogP contribution is -2.34. The van der Waals surface area contributed by atoms with E-state index in [1.807, 2.05) is 12.1 Å². The highest BCUT2D eigenvalue weighted by Gasteiger charge is 2.47. The Hall–Kier alpha value is -2.07. The first-order valence-electron chi connectivity index (χ1n) is 7.80. The van der Waals surface area contributed by atoms with Crippen molar-refractivity contribution in [3.05, 3.63) is 47.9 Å². The van der Waals surface area contributed by atoms with Crippen molar-refractivity contribution < 1.29 is 9.90 Å². The zero-order chi connectivity index (χ0) is 15.2. The van der Waals surface area contributed by atoms with Crippen LogP contribution in [0.1, 0.15) is 41.6 Å². The molecule has 112 valence electrons. The van der Waals surface area contributed by atoms with Gasteiger partial charge in [0.1, 0.15) is 0 Å². The molecule has 0 aliphatic heterocycles. The molecule has 0 bridgehead atoms. The Morgan fingerprint density at radius 2 is 2.00 bits per heavy atom. The summed E-state index contributed by atoms with van der Waals surface area (Å²) in [5, 5.41) is 9.72. The predicted octanol–water partition coefficient (Wildman–Crippen LogP) is 2.80. The molecule has 1 heterocycles. The van der Waals surface area contributed by atoms with Gasteiger partial charge in [0.2, 0.25) is 0 Å². The number of nitrogens with zero attached hydrogens (tertiary/aromatic N) is 2. The Balaban J connectivity index is 1.70. The number of hydrogen-bond acceptors (Lipinski definition) is 4. The van der Waals surface area contributed by atoms with Crippen molar-refractivity contribution in [1.82, 2.24) is 9.97 Å². The molecule has 0 saturated heterocycles. The zero-order valence-electron chi connectivity index (χ0n) is 12.3. The SMILES string of the molecule is O=C1c2cc(-c3cnccn3)ccc2CC12CCC(O)CC2. The Labute approximate surface area is 129 Å². The summed E-state index contributed by atoms with van der Waals surface area (Å²) < 4.78 is 0. The van der Waals surface area contributed by atoms with Crippen LogP contribution in [0.2, 0.25) is 0 Å². The third-order valence-corrected chi connectivity index (χ3v) is 5.14. The molecule has 22 heavy (non-hydrogen) atoms. The van der Waals surface area contributed by atoms with E-state index in [0.29, 0.717) is 0 Å². The maximum Gasteiger partial charge on any atom is 0.169 e. The summed E-state index contributed by atoms with van der Waals surface area (Å²) in [5.74, 6) is 0.250. The van der Waals surface area contributed by atoms with E-state index in [2.05, 4.69) is 16.0 Å². The van der Waals surface area contributed by atoms with Crippen molar-refractivity contribution in [1.29, 1.82) is 0 Å². The van der Waals surface area contributed by atoms with E-state index in [4.69, 9.17) is 0 Å². The summed E-state index contributed by atoms with van der Waals surface area (Å²) >= 11 is 0. The number of aliphatic hydroxyl groups excluding tert-OH is 1. The summed E-state index contributed by atoms with van der Waals surface area (Å²) in [5.41, 5.74) is 3.42. The second kappa shape index (κ2) is 4.99. The van der Waals surface area contributed by atoms with Crippen molar-refractivity contribution in [2.75, 3.05) is 0 Å². The molecule has 2 aromatic rings. The van der Waals surface area contributed by atoms with Crippen LogP contribution in [0, 0.1) is 5.41 Å². The molecule has 1 aromatic heterocycles. The zero-order valence-corrected chi connectivity index (χ0v) is 12.3. The van der Waals surface area contributed by atoms with Gasteiger partial charge in [-0.25, -0.2) is 0 Å². The normalized spacial score (nSPS) is 27.1. The lowest BCUT2D eigenvalue weighted by Gasteiger charge is -2.33. The van der Waals surface area contributed by atoms with Crippen LogP contribution in [-0.4, -0.2) is 27.0 Å².